The third kappa shape index (κ3) is 4.69. The number of nitrogens with two attached hydrogens (primary N) is 1. The van der Waals surface area contributed by atoms with Crippen molar-refractivity contribution >= 4 is 26.6 Å². The summed E-state index contributed by atoms with van der Waals surface area (Å²) in [7, 11) is -3.70. The van der Waals surface area contributed by atoms with Crippen molar-refractivity contribution in [3.63, 3.8) is 0 Å². The number of sulfone groups is 1. The van der Waals surface area contributed by atoms with Crippen LogP contribution in [0.4, 0.5) is 13.2 Å². The van der Waals surface area contributed by atoms with Crippen molar-refractivity contribution in [3.8, 4) is 5.75 Å². The van der Waals surface area contributed by atoms with Gasteiger partial charge in [0.25, 0.3) is 6.43 Å². The Morgan fingerprint density at radius 3 is 2.57 bits per heavy atom. The molecule has 1 aromatic carbocycles. The molecule has 0 saturated carbocycles. The summed E-state index contributed by atoms with van der Waals surface area (Å²) < 4.78 is 69.3. The van der Waals surface area contributed by atoms with E-state index in [1.807, 2.05) is 0 Å². The molecule has 1 aliphatic heterocycles. The van der Waals surface area contributed by atoms with E-state index >= 15 is 0 Å². The van der Waals surface area contributed by atoms with Crippen LogP contribution in [-0.4, -0.2) is 47.8 Å². The van der Waals surface area contributed by atoms with Crippen molar-refractivity contribution in [2.75, 3.05) is 12.4 Å². The lowest BCUT2D eigenvalue weighted by atomic mass is 9.91. The number of alkyl halides is 2. The van der Waals surface area contributed by atoms with Gasteiger partial charge in [0.15, 0.2) is 9.84 Å². The second-order valence-electron chi connectivity index (χ2n) is 9.23. The van der Waals surface area contributed by atoms with Crippen LogP contribution in [0, 0.1) is 5.82 Å². The van der Waals surface area contributed by atoms with Crippen molar-refractivity contribution in [2.24, 2.45) is 10.7 Å². The van der Waals surface area contributed by atoms with Gasteiger partial charge in [0.05, 0.1) is 23.2 Å². The van der Waals surface area contributed by atoms with Gasteiger partial charge in [-0.05, 0) is 44.5 Å². The van der Waals surface area contributed by atoms with Crippen LogP contribution >= 0.6 is 0 Å². The van der Waals surface area contributed by atoms with Gasteiger partial charge >= 0.3 is 0 Å². The van der Waals surface area contributed by atoms with E-state index in [9.17, 15) is 21.6 Å². The summed E-state index contributed by atoms with van der Waals surface area (Å²) in [6, 6.07) is 7.70. The van der Waals surface area contributed by atoms with Gasteiger partial charge in [-0.25, -0.2) is 21.6 Å². The van der Waals surface area contributed by atoms with E-state index in [4.69, 9.17) is 10.5 Å². The van der Waals surface area contributed by atoms with E-state index in [-0.39, 0.29) is 29.3 Å². The second kappa shape index (κ2) is 8.78. The zero-order valence-electron chi connectivity index (χ0n) is 19.4. The van der Waals surface area contributed by atoms with Crippen molar-refractivity contribution < 1.29 is 26.3 Å². The number of amidine groups is 1. The third-order valence-electron chi connectivity index (χ3n) is 6.24. The quantitative estimate of drug-likeness (QED) is 0.545. The highest BCUT2D eigenvalue weighted by Crippen LogP contribution is 2.38. The summed E-state index contributed by atoms with van der Waals surface area (Å²) in [5.74, 6) is -0.832. The van der Waals surface area contributed by atoms with Crippen LogP contribution in [0.15, 0.2) is 47.7 Å². The summed E-state index contributed by atoms with van der Waals surface area (Å²) in [6.45, 7) is 3.78. The number of pyridine rings is 2. The standard InChI is InChI=1S/C24H25F3N4O3S/c1-23(2)22(28)31-24(3,13-35(23,32)33)17-8-14(4-5-18(17)25)9-19-21-15(6-7-29-19)10-16(11-30-21)34-12-20(26)27/h4-8,10-11,20H,9,12-13H2,1-3H3,(H2,28,31)/t24-/m0/s1. The van der Waals surface area contributed by atoms with Crippen LogP contribution in [0.5, 0.6) is 5.75 Å². The predicted octanol–water partition coefficient (Wildman–Crippen LogP) is 3.78. The molecule has 35 heavy (non-hydrogen) atoms. The van der Waals surface area contributed by atoms with Gasteiger partial charge < -0.3 is 10.5 Å². The lowest BCUT2D eigenvalue weighted by molar-refractivity contribution is 0.0818. The monoisotopic (exact) mass is 506 g/mol. The average molecular weight is 507 g/mol. The van der Waals surface area contributed by atoms with Crippen LogP contribution in [-0.2, 0) is 21.8 Å². The number of aliphatic imine (C=N–C) groups is 1. The first-order valence-electron chi connectivity index (χ1n) is 10.8. The fourth-order valence-corrected chi connectivity index (χ4v) is 5.72. The third-order valence-corrected chi connectivity index (χ3v) is 8.95. The van der Waals surface area contributed by atoms with Gasteiger partial charge in [0, 0.05) is 23.6 Å². The molecule has 1 aliphatic rings. The summed E-state index contributed by atoms with van der Waals surface area (Å²) in [5.41, 5.74) is 6.51. The Morgan fingerprint density at radius 1 is 1.14 bits per heavy atom. The molecule has 0 aliphatic carbocycles. The Labute approximate surface area is 201 Å². The van der Waals surface area contributed by atoms with Crippen LogP contribution in [0.3, 0.4) is 0 Å². The number of hydrogen-bond acceptors (Lipinski definition) is 7. The maximum atomic E-state index is 14.9. The summed E-state index contributed by atoms with van der Waals surface area (Å²) in [6.07, 6.45) is 0.572. The molecule has 0 amide bonds. The van der Waals surface area contributed by atoms with E-state index in [0.717, 1.165) is 0 Å². The smallest absolute Gasteiger partial charge is 0.272 e. The molecule has 0 spiro atoms. The molecule has 2 aromatic heterocycles. The first-order chi connectivity index (χ1) is 16.3. The normalized spacial score (nSPS) is 21.2. The first kappa shape index (κ1) is 24.9. The lowest BCUT2D eigenvalue weighted by Crippen LogP contribution is -2.55. The van der Waals surface area contributed by atoms with Crippen molar-refractivity contribution in [2.45, 2.75) is 43.9 Å². The first-order valence-corrected chi connectivity index (χ1v) is 12.5. The van der Waals surface area contributed by atoms with Crippen LogP contribution in [0.25, 0.3) is 10.9 Å². The molecule has 0 radical (unpaired) electrons. The summed E-state index contributed by atoms with van der Waals surface area (Å²) in [4.78, 5) is 13.1. The van der Waals surface area contributed by atoms with Gasteiger partial charge in [-0.2, -0.15) is 0 Å². The molecule has 0 saturated heterocycles. The van der Waals surface area contributed by atoms with Crippen LogP contribution in [0.1, 0.15) is 37.6 Å². The van der Waals surface area contributed by atoms with E-state index in [2.05, 4.69) is 15.0 Å². The van der Waals surface area contributed by atoms with Gasteiger partial charge in [0.2, 0.25) is 0 Å². The molecular formula is C24H25F3N4O3S. The number of halogens is 3. The molecule has 4 rings (SSSR count). The lowest BCUT2D eigenvalue weighted by Gasteiger charge is -2.38. The Hall–Kier alpha value is -3.21. The molecule has 3 aromatic rings. The van der Waals surface area contributed by atoms with E-state index < -0.39 is 39.0 Å². The molecule has 7 nitrogen and oxygen atoms in total. The molecule has 3 heterocycles. The number of nitrogens with zero attached hydrogens (tertiary/aromatic N) is 3. The predicted molar refractivity (Wildman–Crippen MR) is 127 cm³/mol. The summed E-state index contributed by atoms with van der Waals surface area (Å²) in [5, 5.41) is 0.647. The van der Waals surface area contributed by atoms with Gasteiger partial charge in [-0.15, -0.1) is 0 Å². The maximum absolute atomic E-state index is 14.9. The number of benzene rings is 1. The molecule has 2 N–H and O–H groups in total. The molecule has 0 unspecified atom stereocenters. The number of rotatable bonds is 6. The minimum atomic E-state index is -3.70. The molecular weight excluding hydrogens is 481 g/mol. The van der Waals surface area contributed by atoms with Gasteiger partial charge in [-0.3, -0.25) is 15.0 Å². The largest absolute Gasteiger partial charge is 0.486 e. The van der Waals surface area contributed by atoms with Crippen molar-refractivity contribution in [1.29, 1.82) is 0 Å². The fourth-order valence-electron chi connectivity index (χ4n) is 4.03. The Bertz CT molecular complexity index is 1430. The summed E-state index contributed by atoms with van der Waals surface area (Å²) >= 11 is 0. The number of hydrogen-bond donors (Lipinski definition) is 1. The van der Waals surface area contributed by atoms with E-state index in [1.54, 1.807) is 37.4 Å². The Kier molecular flexibility index (Phi) is 6.25. The maximum Gasteiger partial charge on any atom is 0.272 e. The van der Waals surface area contributed by atoms with Crippen molar-refractivity contribution in [3.05, 3.63) is 65.4 Å². The van der Waals surface area contributed by atoms with Crippen LogP contribution < -0.4 is 10.5 Å². The highest BCUT2D eigenvalue weighted by Gasteiger charge is 2.49. The number of fused-ring (bicyclic) bond motifs is 1. The van der Waals surface area contributed by atoms with E-state index in [1.165, 1.54) is 26.1 Å². The number of ether oxygens (including phenoxy) is 1. The topological polar surface area (TPSA) is 108 Å². The molecule has 0 bridgehead atoms. The van der Waals surface area contributed by atoms with Gasteiger partial charge in [-0.1, -0.05) is 12.1 Å². The zero-order valence-corrected chi connectivity index (χ0v) is 20.2. The average Bonchev–Trinajstić information content (AvgIpc) is 2.77. The Balaban J connectivity index is 1.69. The van der Waals surface area contributed by atoms with Gasteiger partial charge in [0.1, 0.15) is 34.3 Å². The second-order valence-corrected chi connectivity index (χ2v) is 11.8. The van der Waals surface area contributed by atoms with Crippen molar-refractivity contribution in [1.82, 2.24) is 9.97 Å². The Morgan fingerprint density at radius 2 is 1.89 bits per heavy atom. The SMILES string of the molecule is CC1(C)C(N)=N[C@](C)(c2cc(Cc3nccc4cc(OCC(F)F)cnc34)ccc2F)CS1(=O)=O. The minimum Gasteiger partial charge on any atom is -0.486 e. The highest BCUT2D eigenvalue weighted by atomic mass is 32.2. The fraction of sp³-hybridized carbons (Fsp3) is 0.375. The minimum absolute atomic E-state index is 0.0687. The zero-order chi connectivity index (χ0) is 25.6. The molecule has 186 valence electrons. The van der Waals surface area contributed by atoms with E-state index in [0.29, 0.717) is 22.2 Å². The number of aromatic nitrogens is 2. The molecule has 1 atom stereocenters. The van der Waals surface area contributed by atoms with Crippen LogP contribution in [0.2, 0.25) is 0 Å². The highest BCUT2D eigenvalue weighted by molar-refractivity contribution is 7.93. The molecule has 11 heteroatoms. The molecule has 0 fully saturated rings.